The van der Waals surface area contributed by atoms with Crippen molar-refractivity contribution < 1.29 is 33.8 Å². The number of amides is 1. The van der Waals surface area contributed by atoms with Crippen molar-refractivity contribution in [1.82, 2.24) is 0 Å². The van der Waals surface area contributed by atoms with Crippen LogP contribution in [-0.2, 0) is 19.1 Å². The predicted octanol–water partition coefficient (Wildman–Crippen LogP) is 4.47. The summed E-state index contributed by atoms with van der Waals surface area (Å²) in [7, 11) is 0. The molecule has 0 saturated heterocycles. The fourth-order valence-corrected chi connectivity index (χ4v) is 3.27. The third-order valence-corrected chi connectivity index (χ3v) is 5.13. The van der Waals surface area contributed by atoms with Gasteiger partial charge in [-0.15, -0.1) is 0 Å². The Balaban J connectivity index is 1.93. The van der Waals surface area contributed by atoms with E-state index in [1.165, 1.54) is 48.5 Å². The van der Waals surface area contributed by atoms with Crippen molar-refractivity contribution >= 4 is 52.7 Å². The molecule has 0 aromatic heterocycles. The summed E-state index contributed by atoms with van der Waals surface area (Å²) in [6.07, 6.45) is -4.26. The Morgan fingerprint density at radius 2 is 1.12 bits per heavy atom. The number of esters is 2. The van der Waals surface area contributed by atoms with Gasteiger partial charge in [0.2, 0.25) is 12.2 Å². The lowest BCUT2D eigenvalue weighted by atomic mass is 10.1. The molecule has 34 heavy (non-hydrogen) atoms. The van der Waals surface area contributed by atoms with Crippen LogP contribution in [0.25, 0.3) is 0 Å². The minimum absolute atomic E-state index is 0.00925. The summed E-state index contributed by atoms with van der Waals surface area (Å²) in [5.74, 6) is -4.96. The summed E-state index contributed by atoms with van der Waals surface area (Å²) < 4.78 is 10.3. The number of ether oxygens (including phenoxy) is 2. The number of nitrogens with one attached hydrogen (secondary N) is 1. The molecule has 10 heteroatoms. The minimum Gasteiger partial charge on any atom is -0.478 e. The molecule has 3 rings (SSSR count). The maximum Gasteiger partial charge on any atom is 0.349 e. The zero-order valence-electron chi connectivity index (χ0n) is 17.3. The number of hydrogen-bond donors (Lipinski definition) is 2. The molecule has 0 aliphatic heterocycles. The second kappa shape index (κ2) is 11.3. The Morgan fingerprint density at radius 3 is 1.59 bits per heavy atom. The van der Waals surface area contributed by atoms with Gasteiger partial charge in [0.05, 0.1) is 21.2 Å². The van der Waals surface area contributed by atoms with Crippen LogP contribution < -0.4 is 5.32 Å². The quantitative estimate of drug-likeness (QED) is 0.437. The molecule has 2 N–H and O–H groups in total. The second-order valence-electron chi connectivity index (χ2n) is 6.81. The summed E-state index contributed by atoms with van der Waals surface area (Å²) in [6.45, 7) is 0. The molecule has 3 aromatic carbocycles. The van der Waals surface area contributed by atoms with E-state index in [1.807, 2.05) is 0 Å². The Kier molecular flexibility index (Phi) is 8.24. The van der Waals surface area contributed by atoms with Crippen molar-refractivity contribution in [3.05, 3.63) is 100 Å². The lowest BCUT2D eigenvalue weighted by molar-refractivity contribution is -0.157. The molecule has 0 radical (unpaired) electrons. The average molecular weight is 502 g/mol. The first-order chi connectivity index (χ1) is 16.3. The Hall–Kier alpha value is -3.88. The van der Waals surface area contributed by atoms with Crippen LogP contribution in [0.15, 0.2) is 78.9 Å². The van der Waals surface area contributed by atoms with Crippen molar-refractivity contribution in [2.24, 2.45) is 0 Å². The van der Waals surface area contributed by atoms with Gasteiger partial charge >= 0.3 is 17.9 Å². The van der Waals surface area contributed by atoms with E-state index in [2.05, 4.69) is 5.32 Å². The third-order valence-electron chi connectivity index (χ3n) is 4.47. The molecular formula is C24H17Cl2NO7. The van der Waals surface area contributed by atoms with Crippen LogP contribution in [0.3, 0.4) is 0 Å². The number of rotatable bonds is 8. The normalized spacial score (nSPS) is 12.2. The fourth-order valence-electron chi connectivity index (χ4n) is 2.84. The molecule has 0 aliphatic carbocycles. The van der Waals surface area contributed by atoms with Crippen LogP contribution in [0.4, 0.5) is 5.69 Å². The van der Waals surface area contributed by atoms with E-state index in [0.29, 0.717) is 5.69 Å². The van der Waals surface area contributed by atoms with Crippen LogP contribution in [0.5, 0.6) is 0 Å². The van der Waals surface area contributed by atoms with E-state index in [4.69, 9.17) is 32.7 Å². The van der Waals surface area contributed by atoms with Crippen molar-refractivity contribution in [2.45, 2.75) is 12.2 Å². The number of aliphatic carboxylic acids is 1. The lowest BCUT2D eigenvalue weighted by Crippen LogP contribution is -2.48. The SMILES string of the molecule is O=C(O[C@@H](C(=O)O)[C@@H](OC(=O)c1ccccc1Cl)C(=O)Nc1ccccc1)c1ccccc1Cl. The van der Waals surface area contributed by atoms with Gasteiger partial charge in [0, 0.05) is 5.69 Å². The monoisotopic (exact) mass is 501 g/mol. The van der Waals surface area contributed by atoms with Crippen LogP contribution >= 0.6 is 23.2 Å². The summed E-state index contributed by atoms with van der Waals surface area (Å²) >= 11 is 12.0. The van der Waals surface area contributed by atoms with Crippen molar-refractivity contribution in [2.75, 3.05) is 5.32 Å². The molecule has 1 amide bonds. The Morgan fingerprint density at radius 1 is 0.676 bits per heavy atom. The molecule has 8 nitrogen and oxygen atoms in total. The van der Waals surface area contributed by atoms with E-state index in [-0.39, 0.29) is 21.2 Å². The van der Waals surface area contributed by atoms with Gasteiger partial charge in [-0.2, -0.15) is 0 Å². The highest BCUT2D eigenvalue weighted by Crippen LogP contribution is 2.21. The van der Waals surface area contributed by atoms with Gasteiger partial charge in [0.25, 0.3) is 5.91 Å². The number of carbonyl (C=O) groups excluding carboxylic acids is 3. The molecule has 2 atom stereocenters. The molecular weight excluding hydrogens is 485 g/mol. The first kappa shape index (κ1) is 24.8. The standard InChI is InChI=1S/C24H17Cl2NO7/c25-17-12-6-4-10-15(17)23(31)33-19(21(28)27-14-8-2-1-3-9-14)20(22(29)30)34-24(32)16-11-5-7-13-18(16)26/h1-13,19-20H,(H,27,28)(H,29,30)/t19-,20-/m1/s1. The maximum absolute atomic E-state index is 13.0. The summed E-state index contributed by atoms with van der Waals surface area (Å²) in [5.41, 5.74) is 0.0613. The van der Waals surface area contributed by atoms with Gasteiger partial charge in [0.1, 0.15) is 0 Å². The van der Waals surface area contributed by atoms with Crippen molar-refractivity contribution in [3.8, 4) is 0 Å². The molecule has 0 saturated carbocycles. The number of benzene rings is 3. The Labute approximate surface area is 204 Å². The number of carbonyl (C=O) groups is 4. The highest BCUT2D eigenvalue weighted by molar-refractivity contribution is 6.34. The van der Waals surface area contributed by atoms with E-state index in [0.717, 1.165) is 0 Å². The number of para-hydroxylation sites is 1. The molecule has 0 aliphatic rings. The summed E-state index contributed by atoms with van der Waals surface area (Å²) in [4.78, 5) is 50.4. The van der Waals surface area contributed by atoms with Crippen molar-refractivity contribution in [1.29, 1.82) is 0 Å². The van der Waals surface area contributed by atoms with Crippen LogP contribution in [-0.4, -0.2) is 41.1 Å². The molecule has 0 spiro atoms. The predicted molar refractivity (Wildman–Crippen MR) is 124 cm³/mol. The number of halogens is 2. The third kappa shape index (κ3) is 6.12. The van der Waals surface area contributed by atoms with Gasteiger partial charge in [-0.05, 0) is 36.4 Å². The number of carboxylic acids is 1. The first-order valence-electron chi connectivity index (χ1n) is 9.77. The zero-order valence-corrected chi connectivity index (χ0v) is 18.8. The number of hydrogen-bond acceptors (Lipinski definition) is 6. The number of carboxylic acid groups (broad SMARTS) is 1. The van der Waals surface area contributed by atoms with Crippen molar-refractivity contribution in [3.63, 3.8) is 0 Å². The fraction of sp³-hybridized carbons (Fsp3) is 0.0833. The number of anilines is 1. The van der Waals surface area contributed by atoms with Crippen LogP contribution in [0, 0.1) is 0 Å². The Bertz CT molecular complexity index is 1220. The highest BCUT2D eigenvalue weighted by Gasteiger charge is 2.41. The summed E-state index contributed by atoms with van der Waals surface area (Å²) in [6, 6.07) is 19.7. The smallest absolute Gasteiger partial charge is 0.349 e. The van der Waals surface area contributed by atoms with Gasteiger partial charge < -0.3 is 19.9 Å². The molecule has 0 fully saturated rings. The van der Waals surface area contributed by atoms with Gasteiger partial charge in [0.15, 0.2) is 0 Å². The molecule has 0 heterocycles. The molecule has 3 aromatic rings. The summed E-state index contributed by atoms with van der Waals surface area (Å²) in [5, 5.41) is 12.2. The van der Waals surface area contributed by atoms with E-state index in [9.17, 15) is 24.3 Å². The average Bonchev–Trinajstić information content (AvgIpc) is 2.82. The second-order valence-corrected chi connectivity index (χ2v) is 7.62. The molecule has 0 unspecified atom stereocenters. The zero-order chi connectivity index (χ0) is 24.7. The maximum atomic E-state index is 13.0. The van der Waals surface area contributed by atoms with Crippen LogP contribution in [0.2, 0.25) is 10.0 Å². The largest absolute Gasteiger partial charge is 0.478 e. The minimum atomic E-state index is -2.20. The van der Waals surface area contributed by atoms with E-state index in [1.54, 1.807) is 30.3 Å². The first-order valence-corrected chi connectivity index (χ1v) is 10.5. The van der Waals surface area contributed by atoms with Gasteiger partial charge in [-0.1, -0.05) is 65.7 Å². The topological polar surface area (TPSA) is 119 Å². The molecule has 0 bridgehead atoms. The van der Waals surface area contributed by atoms with Gasteiger partial charge in [-0.25, -0.2) is 14.4 Å². The van der Waals surface area contributed by atoms with Crippen LogP contribution in [0.1, 0.15) is 20.7 Å². The molecule has 174 valence electrons. The highest BCUT2D eigenvalue weighted by atomic mass is 35.5. The van der Waals surface area contributed by atoms with Gasteiger partial charge in [-0.3, -0.25) is 4.79 Å². The van der Waals surface area contributed by atoms with E-state index < -0.39 is 36.0 Å². The van der Waals surface area contributed by atoms with E-state index >= 15 is 0 Å². The lowest BCUT2D eigenvalue weighted by Gasteiger charge is -2.24.